The minimum atomic E-state index is -0.183. The van der Waals surface area contributed by atoms with Crippen LogP contribution in [0.2, 0.25) is 0 Å². The fourth-order valence-corrected chi connectivity index (χ4v) is 3.93. The molecule has 2 aromatic heterocycles. The first-order chi connectivity index (χ1) is 10.7. The van der Waals surface area contributed by atoms with Crippen molar-refractivity contribution in [2.45, 2.75) is 31.7 Å². The van der Waals surface area contributed by atoms with Crippen LogP contribution in [0.25, 0.3) is 0 Å². The molecule has 1 amide bonds. The van der Waals surface area contributed by atoms with E-state index in [0.717, 1.165) is 30.6 Å². The molecular formula is C17H18N4O. The Morgan fingerprint density at radius 1 is 1.27 bits per heavy atom. The molecule has 0 unspecified atom stereocenters. The van der Waals surface area contributed by atoms with E-state index >= 15 is 0 Å². The van der Waals surface area contributed by atoms with E-state index in [1.165, 1.54) is 6.42 Å². The average Bonchev–Trinajstić information content (AvgIpc) is 2.79. The number of amides is 1. The number of likely N-dealkylation sites (tertiary alicyclic amines) is 1. The number of rotatable bonds is 2. The fourth-order valence-electron chi connectivity index (χ4n) is 3.93. The Hall–Kier alpha value is -2.30. The van der Waals surface area contributed by atoms with Crippen LogP contribution in [0.5, 0.6) is 0 Å². The second kappa shape index (κ2) is 4.87. The molecule has 5 heteroatoms. The van der Waals surface area contributed by atoms with Gasteiger partial charge in [-0.15, -0.1) is 5.10 Å². The predicted molar refractivity (Wildman–Crippen MR) is 81.1 cm³/mol. The Bertz CT molecular complexity index is 700. The molecule has 2 fully saturated rings. The van der Waals surface area contributed by atoms with Crippen molar-refractivity contribution in [3.05, 3.63) is 53.6 Å². The van der Waals surface area contributed by atoms with Gasteiger partial charge >= 0.3 is 0 Å². The van der Waals surface area contributed by atoms with Crippen LogP contribution in [0.3, 0.4) is 0 Å². The van der Waals surface area contributed by atoms with Crippen LogP contribution in [0.15, 0.2) is 36.7 Å². The highest BCUT2D eigenvalue weighted by molar-refractivity contribution is 5.93. The van der Waals surface area contributed by atoms with Gasteiger partial charge in [0.2, 0.25) is 0 Å². The van der Waals surface area contributed by atoms with E-state index in [4.69, 9.17) is 0 Å². The summed E-state index contributed by atoms with van der Waals surface area (Å²) < 4.78 is 0. The third kappa shape index (κ3) is 1.78. The van der Waals surface area contributed by atoms with Crippen LogP contribution in [-0.4, -0.2) is 32.5 Å². The Labute approximate surface area is 129 Å². The quantitative estimate of drug-likeness (QED) is 0.853. The smallest absolute Gasteiger partial charge is 0.275 e. The van der Waals surface area contributed by atoms with Crippen molar-refractivity contribution in [1.82, 2.24) is 20.1 Å². The summed E-state index contributed by atoms with van der Waals surface area (Å²) >= 11 is 0. The van der Waals surface area contributed by atoms with Crippen molar-refractivity contribution in [2.75, 3.05) is 6.54 Å². The Balaban J connectivity index is 1.72. The van der Waals surface area contributed by atoms with Gasteiger partial charge in [-0.1, -0.05) is 6.07 Å². The summed E-state index contributed by atoms with van der Waals surface area (Å²) in [7, 11) is 0. The molecular weight excluding hydrogens is 276 g/mol. The van der Waals surface area contributed by atoms with E-state index in [1.807, 2.05) is 30.2 Å². The van der Waals surface area contributed by atoms with Crippen molar-refractivity contribution in [3.8, 4) is 0 Å². The molecule has 2 aromatic rings. The Morgan fingerprint density at radius 2 is 2.18 bits per heavy atom. The number of aryl methyl sites for hydroxylation is 1. The van der Waals surface area contributed by atoms with Crippen LogP contribution in [-0.2, 0) is 5.54 Å². The van der Waals surface area contributed by atoms with Gasteiger partial charge in [-0.25, -0.2) is 0 Å². The Kier molecular flexibility index (Phi) is 2.96. The summed E-state index contributed by atoms with van der Waals surface area (Å²) in [4.78, 5) is 19.2. The van der Waals surface area contributed by atoms with E-state index in [-0.39, 0.29) is 11.4 Å². The lowest BCUT2D eigenvalue weighted by molar-refractivity contribution is 0.0137. The molecule has 0 radical (unpaired) electrons. The molecule has 1 aliphatic heterocycles. The summed E-state index contributed by atoms with van der Waals surface area (Å²) in [5.74, 6) is 0.526. The minimum absolute atomic E-state index is 0.0152. The molecule has 0 spiro atoms. The first-order valence-electron chi connectivity index (χ1n) is 7.74. The maximum atomic E-state index is 12.9. The van der Waals surface area contributed by atoms with Crippen LogP contribution in [0, 0.1) is 12.8 Å². The van der Waals surface area contributed by atoms with Gasteiger partial charge < -0.3 is 4.90 Å². The number of hydrogen-bond acceptors (Lipinski definition) is 4. The molecule has 2 aliphatic rings. The zero-order valence-corrected chi connectivity index (χ0v) is 12.6. The molecule has 4 rings (SSSR count). The largest absolute Gasteiger partial charge is 0.327 e. The summed E-state index contributed by atoms with van der Waals surface area (Å²) in [5.41, 5.74) is 2.22. The number of nitrogens with zero attached hydrogens (tertiary/aromatic N) is 4. The standard InChI is InChI=1S/C17H18N4O/c1-12-4-5-15(20-19-12)16(22)21-10-7-13-6-8-17(13,21)14-3-2-9-18-11-14/h2-5,9,11,13H,6-8,10H2,1H3/t13-,17-/m0/s1. The lowest BCUT2D eigenvalue weighted by Crippen LogP contribution is -2.53. The van der Waals surface area contributed by atoms with Gasteiger partial charge in [0, 0.05) is 18.9 Å². The van der Waals surface area contributed by atoms with Crippen LogP contribution in [0.1, 0.15) is 41.0 Å². The van der Waals surface area contributed by atoms with Crippen molar-refractivity contribution < 1.29 is 4.79 Å². The maximum Gasteiger partial charge on any atom is 0.275 e. The van der Waals surface area contributed by atoms with Gasteiger partial charge in [-0.3, -0.25) is 9.78 Å². The molecule has 0 aromatic carbocycles. The van der Waals surface area contributed by atoms with E-state index in [1.54, 1.807) is 12.3 Å². The van der Waals surface area contributed by atoms with E-state index in [2.05, 4.69) is 21.2 Å². The molecule has 22 heavy (non-hydrogen) atoms. The molecule has 3 heterocycles. The first kappa shape index (κ1) is 13.4. The van der Waals surface area contributed by atoms with Gasteiger partial charge in [-0.05, 0) is 55.9 Å². The zero-order valence-electron chi connectivity index (χ0n) is 12.6. The number of pyridine rings is 1. The lowest BCUT2D eigenvalue weighted by atomic mass is 9.64. The van der Waals surface area contributed by atoms with Crippen LogP contribution >= 0.6 is 0 Å². The van der Waals surface area contributed by atoms with Crippen molar-refractivity contribution >= 4 is 5.91 Å². The molecule has 0 bridgehead atoms. The number of aromatic nitrogens is 3. The molecule has 0 N–H and O–H groups in total. The molecule has 1 saturated carbocycles. The topological polar surface area (TPSA) is 59.0 Å². The normalized spacial score (nSPS) is 26.4. The van der Waals surface area contributed by atoms with Gasteiger partial charge in [0.25, 0.3) is 5.91 Å². The number of fused-ring (bicyclic) bond motifs is 1. The summed E-state index contributed by atoms with van der Waals surface area (Å²) in [6.45, 7) is 2.66. The maximum absolute atomic E-state index is 12.9. The van der Waals surface area contributed by atoms with Gasteiger partial charge in [0.1, 0.15) is 0 Å². The second-order valence-corrected chi connectivity index (χ2v) is 6.21. The molecule has 5 nitrogen and oxygen atoms in total. The lowest BCUT2D eigenvalue weighted by Gasteiger charge is -2.50. The van der Waals surface area contributed by atoms with E-state index in [9.17, 15) is 4.79 Å². The summed E-state index contributed by atoms with van der Waals surface area (Å²) in [6.07, 6.45) is 6.92. The predicted octanol–water partition coefficient (Wildman–Crippen LogP) is 2.33. The number of carbonyl (C=O) groups excluding carboxylic acids is 1. The van der Waals surface area contributed by atoms with Gasteiger partial charge in [0.15, 0.2) is 5.69 Å². The minimum Gasteiger partial charge on any atom is -0.327 e. The molecule has 1 aliphatic carbocycles. The van der Waals surface area contributed by atoms with Crippen molar-refractivity contribution in [3.63, 3.8) is 0 Å². The fraction of sp³-hybridized carbons (Fsp3) is 0.412. The summed E-state index contributed by atoms with van der Waals surface area (Å²) in [6, 6.07) is 7.65. The molecule has 1 saturated heterocycles. The second-order valence-electron chi connectivity index (χ2n) is 6.21. The summed E-state index contributed by atoms with van der Waals surface area (Å²) in [5, 5.41) is 8.09. The Morgan fingerprint density at radius 3 is 2.82 bits per heavy atom. The molecule has 112 valence electrons. The van der Waals surface area contributed by atoms with Crippen molar-refractivity contribution in [1.29, 1.82) is 0 Å². The molecule has 2 atom stereocenters. The van der Waals surface area contributed by atoms with Crippen LogP contribution < -0.4 is 0 Å². The van der Waals surface area contributed by atoms with Gasteiger partial charge in [-0.2, -0.15) is 5.10 Å². The zero-order chi connectivity index (χ0) is 15.2. The van der Waals surface area contributed by atoms with E-state index in [0.29, 0.717) is 11.6 Å². The first-order valence-corrected chi connectivity index (χ1v) is 7.74. The van der Waals surface area contributed by atoms with Crippen molar-refractivity contribution in [2.24, 2.45) is 5.92 Å². The number of hydrogen-bond donors (Lipinski definition) is 0. The SMILES string of the molecule is Cc1ccc(C(=O)N2CC[C@@H]3CC[C@@]32c2cccnc2)nn1. The van der Waals surface area contributed by atoms with Crippen LogP contribution in [0.4, 0.5) is 0 Å². The third-order valence-corrected chi connectivity index (χ3v) is 5.16. The average molecular weight is 294 g/mol. The monoisotopic (exact) mass is 294 g/mol. The number of carbonyl (C=O) groups is 1. The van der Waals surface area contributed by atoms with Gasteiger partial charge in [0.05, 0.1) is 11.2 Å². The third-order valence-electron chi connectivity index (χ3n) is 5.16. The highest BCUT2D eigenvalue weighted by Crippen LogP contribution is 2.56. The van der Waals surface area contributed by atoms with E-state index < -0.39 is 0 Å². The highest BCUT2D eigenvalue weighted by Gasteiger charge is 2.57. The highest BCUT2D eigenvalue weighted by atomic mass is 16.2.